The second-order valence-corrected chi connectivity index (χ2v) is 9.20. The molecule has 0 amide bonds. The SMILES string of the molecule is Cc1ccc2c(C#N)c(-c3ncc(S(=O)(=O)NC(CF)CF)cn3)n(C3CCC3)c2n1. The van der Waals surface area contributed by atoms with Gasteiger partial charge in [0.25, 0.3) is 0 Å². The summed E-state index contributed by atoms with van der Waals surface area (Å²) in [4.78, 5) is 12.7. The number of rotatable bonds is 7. The number of fused-ring (bicyclic) bond motifs is 1. The number of alkyl halides is 2. The topological polar surface area (TPSA) is 114 Å². The van der Waals surface area contributed by atoms with Crippen LogP contribution in [0.25, 0.3) is 22.6 Å². The number of nitrogens with one attached hydrogen (secondary N) is 1. The number of sulfonamides is 1. The highest BCUT2D eigenvalue weighted by atomic mass is 32.2. The standard InChI is InChI=1S/C20H20F2N6O2S/c1-12-5-6-16-17(9-23)18(28(20(16)26-12)14-3-2-4-14)19-24-10-15(11-25-19)31(29,30)27-13(7-21)8-22/h5-6,10-11,13-14,27H,2-4,7-8H2,1H3. The molecule has 162 valence electrons. The Morgan fingerprint density at radius 3 is 2.48 bits per heavy atom. The zero-order valence-corrected chi connectivity index (χ0v) is 17.5. The molecular formula is C20H20F2N6O2S. The third kappa shape index (κ3) is 3.77. The largest absolute Gasteiger partial charge is 0.318 e. The van der Waals surface area contributed by atoms with E-state index in [4.69, 9.17) is 0 Å². The lowest BCUT2D eigenvalue weighted by Gasteiger charge is -2.29. The Kier molecular flexibility index (Phi) is 5.68. The van der Waals surface area contributed by atoms with Crippen LogP contribution in [-0.4, -0.2) is 47.3 Å². The molecule has 8 nitrogen and oxygen atoms in total. The van der Waals surface area contributed by atoms with Crippen LogP contribution in [0.1, 0.15) is 36.6 Å². The molecule has 0 aliphatic heterocycles. The Morgan fingerprint density at radius 1 is 1.26 bits per heavy atom. The molecule has 1 aliphatic carbocycles. The van der Waals surface area contributed by atoms with E-state index in [1.807, 2.05) is 28.3 Å². The van der Waals surface area contributed by atoms with Crippen LogP contribution in [0.5, 0.6) is 0 Å². The summed E-state index contributed by atoms with van der Waals surface area (Å²) in [5.74, 6) is 0.186. The van der Waals surface area contributed by atoms with E-state index < -0.39 is 29.4 Å². The second kappa shape index (κ2) is 8.28. The fourth-order valence-corrected chi connectivity index (χ4v) is 4.66. The van der Waals surface area contributed by atoms with Gasteiger partial charge in [-0.2, -0.15) is 5.26 Å². The first-order valence-electron chi connectivity index (χ1n) is 9.78. The molecule has 3 heterocycles. The van der Waals surface area contributed by atoms with Crippen LogP contribution >= 0.6 is 0 Å². The van der Waals surface area contributed by atoms with Gasteiger partial charge in [0.2, 0.25) is 10.0 Å². The van der Waals surface area contributed by atoms with Crippen molar-refractivity contribution in [2.24, 2.45) is 0 Å². The molecule has 0 aromatic carbocycles. The second-order valence-electron chi connectivity index (χ2n) is 7.48. The highest BCUT2D eigenvalue weighted by Crippen LogP contribution is 2.41. The fraction of sp³-hybridized carbons (Fsp3) is 0.400. The van der Waals surface area contributed by atoms with E-state index in [0.29, 0.717) is 22.3 Å². The molecule has 0 unspecified atom stereocenters. The summed E-state index contributed by atoms with van der Waals surface area (Å²) in [6.07, 6.45) is 5.07. The maximum Gasteiger partial charge on any atom is 0.244 e. The molecule has 0 saturated heterocycles. The zero-order chi connectivity index (χ0) is 22.2. The lowest BCUT2D eigenvalue weighted by Crippen LogP contribution is -2.38. The van der Waals surface area contributed by atoms with E-state index in [-0.39, 0.29) is 16.8 Å². The molecule has 3 aromatic heterocycles. The average Bonchev–Trinajstić information content (AvgIpc) is 3.04. The lowest BCUT2D eigenvalue weighted by molar-refractivity contribution is 0.322. The summed E-state index contributed by atoms with van der Waals surface area (Å²) in [5.41, 5.74) is 2.35. The first-order valence-corrected chi connectivity index (χ1v) is 11.3. The number of aromatic nitrogens is 4. The van der Waals surface area contributed by atoms with E-state index in [0.717, 1.165) is 37.4 Å². The molecule has 1 N–H and O–H groups in total. The van der Waals surface area contributed by atoms with E-state index in [2.05, 4.69) is 21.0 Å². The minimum atomic E-state index is -4.19. The van der Waals surface area contributed by atoms with Gasteiger partial charge in [-0.05, 0) is 38.3 Å². The lowest BCUT2D eigenvalue weighted by atomic mass is 9.92. The van der Waals surface area contributed by atoms with E-state index >= 15 is 0 Å². The molecule has 31 heavy (non-hydrogen) atoms. The van der Waals surface area contributed by atoms with Crippen LogP contribution in [0.15, 0.2) is 29.4 Å². The summed E-state index contributed by atoms with van der Waals surface area (Å²) < 4.78 is 54.1. The van der Waals surface area contributed by atoms with Crippen molar-refractivity contribution in [3.8, 4) is 17.6 Å². The molecule has 1 aliphatic rings. The van der Waals surface area contributed by atoms with Crippen LogP contribution in [0.2, 0.25) is 0 Å². The molecule has 0 bridgehead atoms. The Balaban J connectivity index is 1.82. The maximum absolute atomic E-state index is 12.7. The third-order valence-corrected chi connectivity index (χ3v) is 6.86. The minimum absolute atomic E-state index is 0.150. The first-order chi connectivity index (χ1) is 14.9. The smallest absolute Gasteiger partial charge is 0.244 e. The van der Waals surface area contributed by atoms with Crippen LogP contribution < -0.4 is 4.72 Å². The summed E-state index contributed by atoms with van der Waals surface area (Å²) >= 11 is 0. The predicted octanol–water partition coefficient (Wildman–Crippen LogP) is 2.98. The number of aryl methyl sites for hydroxylation is 1. The van der Waals surface area contributed by atoms with Gasteiger partial charge in [-0.1, -0.05) is 0 Å². The monoisotopic (exact) mass is 446 g/mol. The van der Waals surface area contributed by atoms with Gasteiger partial charge in [0, 0.05) is 17.1 Å². The number of nitriles is 1. The summed E-state index contributed by atoms with van der Waals surface area (Å²) in [7, 11) is -4.19. The van der Waals surface area contributed by atoms with E-state index in [9.17, 15) is 22.5 Å². The van der Waals surface area contributed by atoms with Crippen LogP contribution in [0.4, 0.5) is 8.78 Å². The van der Waals surface area contributed by atoms with Crippen molar-refractivity contribution in [2.75, 3.05) is 13.3 Å². The molecule has 3 aromatic rings. The van der Waals surface area contributed by atoms with Crippen molar-refractivity contribution in [3.63, 3.8) is 0 Å². The van der Waals surface area contributed by atoms with Crippen molar-refractivity contribution in [1.29, 1.82) is 5.26 Å². The Bertz CT molecular complexity index is 1260. The number of hydrogen-bond donors (Lipinski definition) is 1. The molecule has 4 rings (SSSR count). The maximum atomic E-state index is 12.7. The van der Waals surface area contributed by atoms with Gasteiger partial charge in [0.15, 0.2) is 5.82 Å². The van der Waals surface area contributed by atoms with Gasteiger partial charge in [-0.3, -0.25) is 0 Å². The van der Waals surface area contributed by atoms with Crippen molar-refractivity contribution < 1.29 is 17.2 Å². The highest BCUT2D eigenvalue weighted by molar-refractivity contribution is 7.89. The molecule has 1 fully saturated rings. The van der Waals surface area contributed by atoms with Crippen LogP contribution in [0.3, 0.4) is 0 Å². The zero-order valence-electron chi connectivity index (χ0n) is 16.7. The van der Waals surface area contributed by atoms with Gasteiger partial charge in [0.05, 0.1) is 24.0 Å². The van der Waals surface area contributed by atoms with Crippen molar-refractivity contribution in [3.05, 3.63) is 35.8 Å². The first kappa shape index (κ1) is 21.3. The Hall–Kier alpha value is -2.97. The normalized spacial score (nSPS) is 14.7. The summed E-state index contributed by atoms with van der Waals surface area (Å²) in [5, 5.41) is 10.5. The quantitative estimate of drug-likeness (QED) is 0.597. The van der Waals surface area contributed by atoms with E-state index in [1.54, 1.807) is 0 Å². The molecule has 0 atom stereocenters. The number of hydrogen-bond acceptors (Lipinski definition) is 6. The van der Waals surface area contributed by atoms with Gasteiger partial charge in [-0.25, -0.2) is 36.9 Å². The Morgan fingerprint density at radius 2 is 1.94 bits per heavy atom. The van der Waals surface area contributed by atoms with Crippen molar-refractivity contribution in [1.82, 2.24) is 24.2 Å². The van der Waals surface area contributed by atoms with Crippen molar-refractivity contribution in [2.45, 2.75) is 43.2 Å². The fourth-order valence-electron chi connectivity index (χ4n) is 3.58. The number of pyridine rings is 1. The molecular weight excluding hydrogens is 426 g/mol. The van der Waals surface area contributed by atoms with Gasteiger partial charge < -0.3 is 4.57 Å². The number of halogens is 2. The van der Waals surface area contributed by atoms with E-state index in [1.165, 1.54) is 0 Å². The highest BCUT2D eigenvalue weighted by Gasteiger charge is 2.30. The van der Waals surface area contributed by atoms with Gasteiger partial charge in [0.1, 0.15) is 35.7 Å². The molecule has 0 spiro atoms. The Labute approximate surface area is 178 Å². The minimum Gasteiger partial charge on any atom is -0.318 e. The van der Waals surface area contributed by atoms with Gasteiger partial charge in [-0.15, -0.1) is 0 Å². The van der Waals surface area contributed by atoms with Crippen molar-refractivity contribution >= 4 is 21.1 Å². The van der Waals surface area contributed by atoms with Crippen LogP contribution in [-0.2, 0) is 10.0 Å². The molecule has 1 saturated carbocycles. The molecule has 11 heteroatoms. The summed E-state index contributed by atoms with van der Waals surface area (Å²) in [6.45, 7) is -0.475. The average molecular weight is 446 g/mol. The van der Waals surface area contributed by atoms with Gasteiger partial charge >= 0.3 is 0 Å². The molecule has 0 radical (unpaired) electrons. The third-order valence-electron chi connectivity index (χ3n) is 5.39. The number of nitrogens with zero attached hydrogens (tertiary/aromatic N) is 5. The summed E-state index contributed by atoms with van der Waals surface area (Å²) in [6, 6.07) is 4.56. The predicted molar refractivity (Wildman–Crippen MR) is 109 cm³/mol. The van der Waals surface area contributed by atoms with Crippen LogP contribution in [0, 0.1) is 18.3 Å².